The molecule has 0 spiro atoms. The molecule has 27 heavy (non-hydrogen) atoms. The van der Waals surface area contributed by atoms with E-state index < -0.39 is 0 Å². The van der Waals surface area contributed by atoms with Gasteiger partial charge in [-0.25, -0.2) is 4.98 Å². The van der Waals surface area contributed by atoms with Gasteiger partial charge in [0.2, 0.25) is 5.91 Å². The molecule has 2 aliphatic rings. The van der Waals surface area contributed by atoms with E-state index in [1.807, 2.05) is 6.07 Å². The first-order chi connectivity index (χ1) is 13.1. The Morgan fingerprint density at radius 1 is 1.41 bits per heavy atom. The highest BCUT2D eigenvalue weighted by atomic mass is 16.5. The Labute approximate surface area is 156 Å². The number of rotatable bonds is 8. The summed E-state index contributed by atoms with van der Waals surface area (Å²) in [7, 11) is 1.68. The number of hydrogen-bond donors (Lipinski definition) is 3. The van der Waals surface area contributed by atoms with E-state index >= 15 is 0 Å². The third-order valence-electron chi connectivity index (χ3n) is 4.49. The van der Waals surface area contributed by atoms with Crippen LogP contribution in [-0.2, 0) is 14.3 Å². The summed E-state index contributed by atoms with van der Waals surface area (Å²) in [5.41, 5.74) is 1.76. The van der Waals surface area contributed by atoms with E-state index in [4.69, 9.17) is 4.74 Å². The number of anilines is 2. The smallest absolute Gasteiger partial charge is 0.254 e. The molecule has 2 aromatic rings. The van der Waals surface area contributed by atoms with Gasteiger partial charge in [-0.15, -0.1) is 0 Å². The fraction of sp³-hybridized carbons (Fsp3) is 0.444. The third-order valence-corrected chi connectivity index (χ3v) is 4.49. The van der Waals surface area contributed by atoms with Crippen molar-refractivity contribution in [3.05, 3.63) is 23.4 Å². The molecule has 2 amide bonds. The van der Waals surface area contributed by atoms with Gasteiger partial charge in [-0.3, -0.25) is 14.9 Å². The molecule has 9 heteroatoms. The number of ether oxygens (including phenoxy) is 1. The Kier molecular flexibility index (Phi) is 4.76. The molecule has 9 nitrogen and oxygen atoms in total. The van der Waals surface area contributed by atoms with Crippen LogP contribution in [0.2, 0.25) is 0 Å². The summed E-state index contributed by atoms with van der Waals surface area (Å²) >= 11 is 0. The second-order valence-electron chi connectivity index (χ2n) is 6.78. The van der Waals surface area contributed by atoms with Crippen LogP contribution in [0.1, 0.15) is 31.2 Å². The quantitative estimate of drug-likeness (QED) is 0.364. The topological polar surface area (TPSA) is 110 Å². The molecular formula is C18H22N6O3. The molecule has 0 atom stereocenters. The van der Waals surface area contributed by atoms with E-state index in [1.165, 1.54) is 0 Å². The van der Waals surface area contributed by atoms with Crippen molar-refractivity contribution in [3.63, 3.8) is 0 Å². The lowest BCUT2D eigenvalue weighted by atomic mass is 10.1. The van der Waals surface area contributed by atoms with Crippen molar-refractivity contribution in [2.75, 3.05) is 30.9 Å². The number of aromatic nitrogens is 3. The molecule has 3 heterocycles. The summed E-state index contributed by atoms with van der Waals surface area (Å²) in [4.78, 5) is 27.9. The van der Waals surface area contributed by atoms with Gasteiger partial charge >= 0.3 is 0 Å². The summed E-state index contributed by atoms with van der Waals surface area (Å²) in [6, 6.07) is 2.40. The zero-order valence-electron chi connectivity index (χ0n) is 15.1. The SMILES string of the molecule is COCCCNc1cc(NC2CC2)n2ncc(/C=C3\CC(=O)NC3=O)c2n1. The first-order valence-electron chi connectivity index (χ1n) is 9.07. The first kappa shape index (κ1) is 17.5. The number of hydrogen-bond acceptors (Lipinski definition) is 7. The highest BCUT2D eigenvalue weighted by Gasteiger charge is 2.25. The Morgan fingerprint density at radius 3 is 2.96 bits per heavy atom. The molecule has 1 saturated carbocycles. The number of nitrogens with one attached hydrogen (secondary N) is 3. The molecule has 0 bridgehead atoms. The molecule has 2 aromatic heterocycles. The second kappa shape index (κ2) is 7.36. The molecule has 1 aliphatic heterocycles. The van der Waals surface area contributed by atoms with Crippen LogP contribution >= 0.6 is 0 Å². The number of carbonyl (C=O) groups is 2. The van der Waals surface area contributed by atoms with Gasteiger partial charge in [-0.05, 0) is 25.3 Å². The van der Waals surface area contributed by atoms with Crippen molar-refractivity contribution in [2.45, 2.75) is 31.7 Å². The van der Waals surface area contributed by atoms with Gasteiger partial charge in [-0.2, -0.15) is 9.61 Å². The number of carbonyl (C=O) groups excluding carboxylic acids is 2. The molecule has 1 aliphatic carbocycles. The maximum Gasteiger partial charge on any atom is 0.254 e. The summed E-state index contributed by atoms with van der Waals surface area (Å²) in [5.74, 6) is 0.944. The zero-order valence-corrected chi connectivity index (χ0v) is 15.1. The lowest BCUT2D eigenvalue weighted by molar-refractivity contribution is -0.124. The molecule has 0 unspecified atom stereocenters. The number of nitrogens with zero attached hydrogens (tertiary/aromatic N) is 3. The summed E-state index contributed by atoms with van der Waals surface area (Å²) in [5, 5.41) is 13.5. The van der Waals surface area contributed by atoms with Gasteiger partial charge in [0.1, 0.15) is 11.6 Å². The molecule has 3 N–H and O–H groups in total. The normalized spacial score (nSPS) is 18.3. The van der Waals surface area contributed by atoms with Crippen molar-refractivity contribution in [3.8, 4) is 0 Å². The van der Waals surface area contributed by atoms with Gasteiger partial charge in [0.25, 0.3) is 5.91 Å². The number of imide groups is 1. The lowest BCUT2D eigenvalue weighted by Crippen LogP contribution is -2.19. The molecule has 142 valence electrons. The Morgan fingerprint density at radius 2 is 2.26 bits per heavy atom. The highest BCUT2D eigenvalue weighted by Crippen LogP contribution is 2.27. The van der Waals surface area contributed by atoms with E-state index in [0.29, 0.717) is 29.4 Å². The van der Waals surface area contributed by atoms with Crippen LogP contribution in [0, 0.1) is 0 Å². The van der Waals surface area contributed by atoms with Gasteiger partial charge in [-0.1, -0.05) is 0 Å². The molecule has 0 aromatic carbocycles. The van der Waals surface area contributed by atoms with Gasteiger partial charge in [0.15, 0.2) is 5.65 Å². The van der Waals surface area contributed by atoms with E-state index in [2.05, 4.69) is 26.0 Å². The van der Waals surface area contributed by atoms with Crippen molar-refractivity contribution in [2.24, 2.45) is 0 Å². The predicted molar refractivity (Wildman–Crippen MR) is 100 cm³/mol. The van der Waals surface area contributed by atoms with Crippen LogP contribution in [0.25, 0.3) is 11.7 Å². The Hall–Kier alpha value is -2.94. The van der Waals surface area contributed by atoms with E-state index in [1.54, 1.807) is 23.9 Å². The van der Waals surface area contributed by atoms with Crippen molar-refractivity contribution in [1.82, 2.24) is 19.9 Å². The fourth-order valence-corrected chi connectivity index (χ4v) is 2.95. The van der Waals surface area contributed by atoms with Gasteiger partial charge in [0.05, 0.1) is 12.6 Å². The number of methoxy groups -OCH3 is 1. The summed E-state index contributed by atoms with van der Waals surface area (Å²) in [6.07, 6.45) is 6.58. The third kappa shape index (κ3) is 3.92. The maximum atomic E-state index is 11.9. The Bertz CT molecular complexity index is 915. The molecule has 1 saturated heterocycles. The standard InChI is InChI=1S/C18H22N6O3/c1-27-6-2-5-19-14-9-15(21-13-3-4-13)24-17(22-14)12(10-20-24)7-11-8-16(25)23-18(11)26/h7,9-10,13,21H,2-6,8H2,1H3,(H,19,22)(H,23,25,26)/b11-7+. The van der Waals surface area contributed by atoms with Crippen LogP contribution in [-0.4, -0.2) is 52.7 Å². The molecule has 2 fully saturated rings. The lowest BCUT2D eigenvalue weighted by Gasteiger charge is -2.11. The van der Waals surface area contributed by atoms with Crippen molar-refractivity contribution >= 4 is 35.2 Å². The Balaban J connectivity index is 1.67. The van der Waals surface area contributed by atoms with Gasteiger partial charge in [0, 0.05) is 43.5 Å². The van der Waals surface area contributed by atoms with Crippen molar-refractivity contribution < 1.29 is 14.3 Å². The summed E-state index contributed by atoms with van der Waals surface area (Å²) in [6.45, 7) is 1.41. The monoisotopic (exact) mass is 370 g/mol. The molecule has 0 radical (unpaired) electrons. The first-order valence-corrected chi connectivity index (χ1v) is 9.07. The van der Waals surface area contributed by atoms with Crippen LogP contribution in [0.15, 0.2) is 17.8 Å². The van der Waals surface area contributed by atoms with E-state index in [0.717, 1.165) is 37.4 Å². The number of amides is 2. The van der Waals surface area contributed by atoms with Crippen molar-refractivity contribution in [1.29, 1.82) is 0 Å². The average Bonchev–Trinajstić information content (AvgIpc) is 3.28. The maximum absolute atomic E-state index is 11.9. The van der Waals surface area contributed by atoms with Crippen LogP contribution in [0.4, 0.5) is 11.6 Å². The highest BCUT2D eigenvalue weighted by molar-refractivity contribution is 6.15. The second-order valence-corrected chi connectivity index (χ2v) is 6.78. The molecular weight excluding hydrogens is 348 g/mol. The zero-order chi connectivity index (χ0) is 18.8. The largest absolute Gasteiger partial charge is 0.385 e. The van der Waals surface area contributed by atoms with E-state index in [9.17, 15) is 9.59 Å². The predicted octanol–water partition coefficient (Wildman–Crippen LogP) is 1.18. The minimum Gasteiger partial charge on any atom is -0.385 e. The number of fused-ring (bicyclic) bond motifs is 1. The van der Waals surface area contributed by atoms with Crippen LogP contribution in [0.3, 0.4) is 0 Å². The molecule has 4 rings (SSSR count). The van der Waals surface area contributed by atoms with E-state index in [-0.39, 0.29) is 18.2 Å². The fourth-order valence-electron chi connectivity index (χ4n) is 2.95. The summed E-state index contributed by atoms with van der Waals surface area (Å²) < 4.78 is 6.81. The van der Waals surface area contributed by atoms with Crippen LogP contribution in [0.5, 0.6) is 0 Å². The van der Waals surface area contributed by atoms with Crippen LogP contribution < -0.4 is 16.0 Å². The minimum absolute atomic E-state index is 0.0817. The average molecular weight is 370 g/mol. The minimum atomic E-state index is -0.357. The van der Waals surface area contributed by atoms with Gasteiger partial charge < -0.3 is 15.4 Å².